The number of halogens is 2. The van der Waals surface area contributed by atoms with Crippen LogP contribution in [0.15, 0.2) is 0 Å². The first-order valence-electron chi connectivity index (χ1n) is 1.87. The van der Waals surface area contributed by atoms with Crippen LogP contribution < -0.4 is 0 Å². The summed E-state index contributed by atoms with van der Waals surface area (Å²) in [5, 5.41) is 0. The van der Waals surface area contributed by atoms with E-state index in [2.05, 4.69) is 0 Å². The van der Waals surface area contributed by atoms with Crippen LogP contribution in [0.4, 0.5) is 8.28 Å². The van der Waals surface area contributed by atoms with Gasteiger partial charge in [-0.2, -0.15) is 8.42 Å². The highest BCUT2D eigenvalue weighted by molar-refractivity contribution is 7.85. The van der Waals surface area contributed by atoms with E-state index >= 15 is 0 Å². The fraction of sp³-hybridized carbons (Fsp3) is 1.00. The smallest absolute Gasteiger partial charge is 0.251 e. The van der Waals surface area contributed by atoms with Crippen molar-refractivity contribution in [3.8, 4) is 0 Å². The molecule has 0 rings (SSSR count). The summed E-state index contributed by atoms with van der Waals surface area (Å²) in [6.07, 6.45) is 0.493. The van der Waals surface area contributed by atoms with Crippen LogP contribution in [-0.2, 0) is 10.2 Å². The molecule has 0 aromatic carbocycles. The highest BCUT2D eigenvalue weighted by atomic mass is 32.3. The minimum absolute atomic E-state index is 0.250. The third-order valence-electron chi connectivity index (χ3n) is 0. The molecule has 0 amide bonds. The molecule has 0 aliphatic carbocycles. The van der Waals surface area contributed by atoms with Crippen molar-refractivity contribution in [1.29, 1.82) is 0 Å². The molecule has 0 fully saturated rings. The van der Waals surface area contributed by atoms with Gasteiger partial charge in [-0.15, -0.1) is 3.89 Å². The summed E-state index contributed by atoms with van der Waals surface area (Å²) in [5.74, 6) is 0. The van der Waals surface area contributed by atoms with Crippen molar-refractivity contribution in [1.82, 2.24) is 0 Å². The molecule has 0 atom stereocenters. The van der Waals surface area contributed by atoms with Gasteiger partial charge in [0.1, 0.15) is 0 Å². The maximum atomic E-state index is 10.7. The van der Waals surface area contributed by atoms with Gasteiger partial charge < -0.3 is 0 Å². The van der Waals surface area contributed by atoms with Crippen LogP contribution in [-0.4, -0.2) is 21.3 Å². The van der Waals surface area contributed by atoms with Crippen molar-refractivity contribution in [3.63, 3.8) is 0 Å². The Morgan fingerprint density at radius 2 is 1.50 bits per heavy atom. The monoisotopic (exact) mass is 146 g/mol. The topological polar surface area (TPSA) is 34.1 Å². The van der Waals surface area contributed by atoms with Crippen LogP contribution in [0.5, 0.6) is 0 Å². The quantitative estimate of drug-likeness (QED) is 0.475. The fourth-order valence-corrected chi connectivity index (χ4v) is 0. The summed E-state index contributed by atoms with van der Waals surface area (Å²) in [5.41, 5.74) is 0. The standard InChI is InChI=1S/C2H5F.CH3FO2S/c1-2-3;1-5(2,3)4/h2H2,1H3;1H3. The molecular weight excluding hydrogens is 138 g/mol. The highest BCUT2D eigenvalue weighted by Gasteiger charge is 1.86. The van der Waals surface area contributed by atoms with E-state index < -0.39 is 10.2 Å². The Balaban J connectivity index is 0. The van der Waals surface area contributed by atoms with Gasteiger partial charge in [0.25, 0.3) is 10.2 Å². The summed E-state index contributed by atoms with van der Waals surface area (Å²) in [7, 11) is -4.17. The maximum Gasteiger partial charge on any atom is 0.299 e. The van der Waals surface area contributed by atoms with Gasteiger partial charge in [-0.3, -0.25) is 4.39 Å². The number of hydrogen-bond acceptors (Lipinski definition) is 2. The first-order valence-corrected chi connectivity index (χ1v) is 3.66. The van der Waals surface area contributed by atoms with Crippen LogP contribution in [0, 0.1) is 0 Å². The molecule has 0 aromatic rings. The molecule has 0 unspecified atom stereocenters. The van der Waals surface area contributed by atoms with E-state index in [4.69, 9.17) is 8.42 Å². The Morgan fingerprint density at radius 3 is 1.50 bits per heavy atom. The summed E-state index contributed by atoms with van der Waals surface area (Å²) in [6, 6.07) is 0. The normalized spacial score (nSPS) is 9.50. The number of hydrogen-bond donors (Lipinski definition) is 0. The third-order valence-corrected chi connectivity index (χ3v) is 0. The molecule has 5 heteroatoms. The minimum atomic E-state index is -4.17. The minimum Gasteiger partial charge on any atom is -0.251 e. The molecule has 0 heterocycles. The SMILES string of the molecule is CCF.CS(=O)(=O)F. The molecular formula is C3H8F2O2S. The Bertz CT molecular complexity index is 109. The average Bonchev–Trinajstić information content (AvgIpc) is 1.27. The van der Waals surface area contributed by atoms with Crippen LogP contribution in [0.3, 0.4) is 0 Å². The summed E-state index contributed by atoms with van der Waals surface area (Å²) < 4.78 is 38.9. The van der Waals surface area contributed by atoms with Gasteiger partial charge in [0.15, 0.2) is 0 Å². The van der Waals surface area contributed by atoms with Crippen molar-refractivity contribution < 1.29 is 16.7 Å². The lowest BCUT2D eigenvalue weighted by atomic mass is 10.9. The summed E-state index contributed by atoms with van der Waals surface area (Å²) in [4.78, 5) is 0. The second-order valence-electron chi connectivity index (χ2n) is 0.949. The number of alkyl halides is 1. The van der Waals surface area contributed by atoms with E-state index in [1.807, 2.05) is 0 Å². The van der Waals surface area contributed by atoms with Gasteiger partial charge in [0.2, 0.25) is 0 Å². The van der Waals surface area contributed by atoms with Crippen LogP contribution in [0.2, 0.25) is 0 Å². The van der Waals surface area contributed by atoms with E-state index in [-0.39, 0.29) is 6.67 Å². The molecule has 52 valence electrons. The lowest BCUT2D eigenvalue weighted by Gasteiger charge is -1.63. The highest BCUT2D eigenvalue weighted by Crippen LogP contribution is 1.75. The van der Waals surface area contributed by atoms with Crippen molar-refractivity contribution in [2.24, 2.45) is 0 Å². The molecule has 0 aliphatic rings. The van der Waals surface area contributed by atoms with E-state index in [0.717, 1.165) is 0 Å². The Labute approximate surface area is 47.7 Å². The summed E-state index contributed by atoms with van der Waals surface area (Å²) in [6.45, 7) is 1.21. The van der Waals surface area contributed by atoms with Crippen molar-refractivity contribution in [3.05, 3.63) is 0 Å². The zero-order chi connectivity index (χ0) is 7.21. The largest absolute Gasteiger partial charge is 0.299 e. The number of rotatable bonds is 0. The predicted octanol–water partition coefficient (Wildman–Crippen LogP) is 0.891. The average molecular weight is 146 g/mol. The lowest BCUT2D eigenvalue weighted by Crippen LogP contribution is -1.78. The fourth-order valence-electron chi connectivity index (χ4n) is 0. The molecule has 2 nitrogen and oxygen atoms in total. The first kappa shape index (κ1) is 10.7. The molecule has 0 radical (unpaired) electrons. The van der Waals surface area contributed by atoms with Crippen LogP contribution in [0.1, 0.15) is 6.92 Å². The Morgan fingerprint density at radius 1 is 1.50 bits per heavy atom. The molecule has 0 N–H and O–H groups in total. The molecule has 0 aliphatic heterocycles. The molecule has 8 heavy (non-hydrogen) atoms. The van der Waals surface area contributed by atoms with Gasteiger partial charge in [-0.05, 0) is 6.92 Å². The molecule has 0 saturated carbocycles. The second-order valence-corrected chi connectivity index (χ2v) is 2.31. The second kappa shape index (κ2) is 4.96. The van der Waals surface area contributed by atoms with Crippen molar-refractivity contribution >= 4 is 10.2 Å². The Hall–Kier alpha value is -0.190. The summed E-state index contributed by atoms with van der Waals surface area (Å²) >= 11 is 0. The van der Waals surface area contributed by atoms with Crippen LogP contribution >= 0.6 is 0 Å². The van der Waals surface area contributed by atoms with Crippen molar-refractivity contribution in [2.75, 3.05) is 12.9 Å². The van der Waals surface area contributed by atoms with Gasteiger partial charge in [-0.25, -0.2) is 0 Å². The maximum absolute atomic E-state index is 10.7. The van der Waals surface area contributed by atoms with E-state index in [1.165, 1.54) is 6.92 Å². The zero-order valence-electron chi connectivity index (χ0n) is 4.69. The van der Waals surface area contributed by atoms with Gasteiger partial charge in [0.05, 0.1) is 12.9 Å². The molecule has 0 spiro atoms. The van der Waals surface area contributed by atoms with E-state index in [9.17, 15) is 8.28 Å². The van der Waals surface area contributed by atoms with Gasteiger partial charge >= 0.3 is 0 Å². The van der Waals surface area contributed by atoms with Gasteiger partial charge in [0, 0.05) is 0 Å². The van der Waals surface area contributed by atoms with Crippen molar-refractivity contribution in [2.45, 2.75) is 6.92 Å². The zero-order valence-corrected chi connectivity index (χ0v) is 5.50. The molecule has 0 aromatic heterocycles. The lowest BCUT2D eigenvalue weighted by molar-refractivity contribution is 0.527. The van der Waals surface area contributed by atoms with Gasteiger partial charge in [-0.1, -0.05) is 0 Å². The third kappa shape index (κ3) is 3720. The first-order chi connectivity index (χ1) is 3.41. The Kier molecular flexibility index (Phi) is 6.65. The van der Waals surface area contributed by atoms with E-state index in [1.54, 1.807) is 0 Å². The molecule has 0 saturated heterocycles. The molecule has 0 bridgehead atoms. The van der Waals surface area contributed by atoms with Crippen LogP contribution in [0.25, 0.3) is 0 Å². The predicted molar refractivity (Wildman–Crippen MR) is 27.6 cm³/mol. The van der Waals surface area contributed by atoms with E-state index in [0.29, 0.717) is 6.26 Å².